The van der Waals surface area contributed by atoms with E-state index < -0.39 is 64.5 Å². The second kappa shape index (κ2) is 22.0. The maximum absolute atomic E-state index is 14.4. The van der Waals surface area contributed by atoms with Crippen molar-refractivity contribution in [2.75, 3.05) is 48.7 Å². The summed E-state index contributed by atoms with van der Waals surface area (Å²) in [5.41, 5.74) is -0.405. The number of ether oxygens (including phenoxy) is 1. The van der Waals surface area contributed by atoms with Gasteiger partial charge in [-0.25, -0.2) is 26.4 Å². The number of nitrogens with one attached hydrogen (secondary N) is 2. The van der Waals surface area contributed by atoms with Crippen LogP contribution in [0.1, 0.15) is 87.5 Å². The van der Waals surface area contributed by atoms with Crippen molar-refractivity contribution < 1.29 is 44.3 Å². The van der Waals surface area contributed by atoms with Crippen LogP contribution in [0.5, 0.6) is 0 Å². The number of allylic oxidation sites excluding steroid dienone is 1. The highest BCUT2D eigenvalue weighted by Gasteiger charge is 2.48. The first-order valence-electron chi connectivity index (χ1n) is 24.4. The molecule has 1 atom stereocenters. The topological polar surface area (TPSA) is 163 Å². The summed E-state index contributed by atoms with van der Waals surface area (Å²) >= 11 is 7.58. The number of amides is 2. The van der Waals surface area contributed by atoms with E-state index in [-0.39, 0.29) is 42.8 Å². The lowest BCUT2D eigenvalue weighted by Gasteiger charge is -2.39. The van der Waals surface area contributed by atoms with Gasteiger partial charge in [0.2, 0.25) is 0 Å². The molecule has 0 bridgehead atoms. The van der Waals surface area contributed by atoms with Gasteiger partial charge in [-0.15, -0.1) is 11.8 Å². The smallest absolute Gasteiger partial charge is 0.444 e. The van der Waals surface area contributed by atoms with E-state index in [0.717, 1.165) is 86.0 Å². The summed E-state index contributed by atoms with van der Waals surface area (Å²) in [5.74, 6) is -0.807. The van der Waals surface area contributed by atoms with Gasteiger partial charge >= 0.3 is 11.6 Å². The maximum Gasteiger partial charge on any atom is 0.501 e. The Morgan fingerprint density at radius 2 is 1.58 bits per heavy atom. The minimum atomic E-state index is -6.15. The van der Waals surface area contributed by atoms with Crippen molar-refractivity contribution in [3.05, 3.63) is 136 Å². The standard InChI is InChI=1S/C53H61ClF3N7O7S3/c1-51(2,3)71-50(66)63-33-39-31-58-64(47(39)34-63)24-22-41(35-72-43-9-7-6-8-10-43)59-46-20-19-44(29-48(46)73(67,68)53(55,56)57)74(69,70)60-49(65)37-13-17-42(18-14-37)62-27-25-61(26-28-62)32-38-30-52(4,5)23-21-45(38)36-11-15-40(54)16-12-36/h6-20,29,31,41,59H,21-28,30,32-35H2,1-5H3,(H,60,65)/t41-/m1/s1. The van der Waals surface area contributed by atoms with E-state index in [4.69, 9.17) is 16.3 Å². The third-order valence-corrected chi connectivity index (χ3v) is 17.6. The Labute approximate surface area is 440 Å². The molecule has 3 heterocycles. The van der Waals surface area contributed by atoms with Crippen molar-refractivity contribution in [2.24, 2.45) is 5.41 Å². The van der Waals surface area contributed by atoms with Crippen LogP contribution in [0.2, 0.25) is 5.02 Å². The van der Waals surface area contributed by atoms with Crippen molar-refractivity contribution in [1.29, 1.82) is 0 Å². The molecule has 3 aliphatic rings. The molecular formula is C53H61ClF3N7O7S3. The summed E-state index contributed by atoms with van der Waals surface area (Å²) in [6.45, 7) is 14.5. The number of piperazine rings is 1. The van der Waals surface area contributed by atoms with Crippen LogP contribution in [0.25, 0.3) is 5.57 Å². The van der Waals surface area contributed by atoms with Gasteiger partial charge in [-0.2, -0.15) is 18.3 Å². The summed E-state index contributed by atoms with van der Waals surface area (Å²) in [5, 5.41) is 8.16. The fourth-order valence-corrected chi connectivity index (χ4v) is 12.6. The number of carbonyl (C=O) groups is 2. The number of halogens is 4. The number of anilines is 2. The van der Waals surface area contributed by atoms with Crippen molar-refractivity contribution in [3.8, 4) is 0 Å². The van der Waals surface area contributed by atoms with E-state index in [1.807, 2.05) is 47.2 Å². The lowest BCUT2D eigenvalue weighted by Crippen LogP contribution is -2.47. The van der Waals surface area contributed by atoms with Gasteiger partial charge in [-0.1, -0.05) is 61.4 Å². The third-order valence-electron chi connectivity index (χ3n) is 13.4. The Morgan fingerprint density at radius 1 is 0.892 bits per heavy atom. The van der Waals surface area contributed by atoms with Gasteiger partial charge < -0.3 is 15.0 Å². The number of sulfonamides is 1. The molecule has 396 valence electrons. The number of fused-ring (bicyclic) bond motifs is 1. The SMILES string of the molecule is CC1(C)CCC(c2ccc(Cl)cc2)=C(CN2CCN(c3ccc(C(=O)NS(=O)(=O)c4ccc(N[C@H](CCn5ncc6c5CN(C(=O)OC(C)(C)C)C6)CSc5ccccc5)c(S(=O)(=O)C(F)(F)F)c4)cc3)CC2)C1. The Kier molecular flexibility index (Phi) is 16.2. The van der Waals surface area contributed by atoms with Gasteiger partial charge in [-0.3, -0.25) is 19.3 Å². The van der Waals surface area contributed by atoms with E-state index in [0.29, 0.717) is 11.1 Å². The quantitative estimate of drug-likeness (QED) is 0.0901. The highest BCUT2D eigenvalue weighted by molar-refractivity contribution is 7.99. The number of aryl methyl sites for hydroxylation is 1. The summed E-state index contributed by atoms with van der Waals surface area (Å²) < 4.78 is 106. The zero-order valence-electron chi connectivity index (χ0n) is 41.9. The highest BCUT2D eigenvalue weighted by atomic mass is 35.5. The van der Waals surface area contributed by atoms with Crippen LogP contribution in [-0.2, 0) is 44.2 Å². The fourth-order valence-electron chi connectivity index (χ4n) is 9.46. The van der Waals surface area contributed by atoms with E-state index in [1.54, 1.807) is 43.8 Å². The fraction of sp³-hybridized carbons (Fsp3) is 0.415. The van der Waals surface area contributed by atoms with Crippen LogP contribution < -0.4 is 14.9 Å². The molecule has 0 radical (unpaired) electrons. The van der Waals surface area contributed by atoms with E-state index in [9.17, 15) is 39.6 Å². The summed E-state index contributed by atoms with van der Waals surface area (Å²) in [7, 11) is -11.1. The van der Waals surface area contributed by atoms with Crippen molar-refractivity contribution in [1.82, 2.24) is 24.3 Å². The van der Waals surface area contributed by atoms with Gasteiger partial charge in [0.15, 0.2) is 0 Å². The number of aromatic nitrogens is 2. The predicted molar refractivity (Wildman–Crippen MR) is 282 cm³/mol. The first kappa shape index (κ1) is 54.7. The average molecular weight is 1100 g/mol. The number of carbonyl (C=O) groups excluding carboxylic acids is 2. The first-order valence-corrected chi connectivity index (χ1v) is 28.7. The zero-order chi connectivity index (χ0) is 53.2. The van der Waals surface area contributed by atoms with E-state index >= 15 is 0 Å². The molecule has 14 nitrogen and oxygen atoms in total. The van der Waals surface area contributed by atoms with Gasteiger partial charge in [-0.05, 0) is 130 Å². The summed E-state index contributed by atoms with van der Waals surface area (Å²) in [6, 6.07) is 25.2. The van der Waals surface area contributed by atoms with Crippen molar-refractivity contribution in [3.63, 3.8) is 0 Å². The highest BCUT2D eigenvalue weighted by Crippen LogP contribution is 2.43. The Hall–Kier alpha value is -5.54. The first-order chi connectivity index (χ1) is 34.8. The molecule has 1 fully saturated rings. The normalized spacial score (nSPS) is 17.0. The van der Waals surface area contributed by atoms with E-state index in [2.05, 4.69) is 46.2 Å². The average Bonchev–Trinajstić information content (AvgIpc) is 3.94. The molecular weight excluding hydrogens is 1040 g/mol. The molecule has 74 heavy (non-hydrogen) atoms. The molecule has 5 aromatic rings. The van der Waals surface area contributed by atoms with Crippen LogP contribution >= 0.6 is 23.4 Å². The second-order valence-corrected chi connectivity index (χ2v) is 25.8. The monoisotopic (exact) mass is 1100 g/mol. The third kappa shape index (κ3) is 13.3. The van der Waals surface area contributed by atoms with Crippen molar-refractivity contribution >= 4 is 72.2 Å². The number of benzene rings is 4. The van der Waals surface area contributed by atoms with E-state index in [1.165, 1.54) is 45.5 Å². The molecule has 21 heteroatoms. The van der Waals surface area contributed by atoms with Crippen LogP contribution in [-0.4, -0.2) is 104 Å². The van der Waals surface area contributed by atoms with Crippen molar-refractivity contribution in [2.45, 2.75) is 112 Å². The number of sulfone groups is 1. The number of thioether (sulfide) groups is 1. The van der Waals surface area contributed by atoms with Gasteiger partial charge in [0.25, 0.3) is 25.8 Å². The minimum Gasteiger partial charge on any atom is -0.444 e. The van der Waals surface area contributed by atoms with Crippen LogP contribution in [0.3, 0.4) is 0 Å². The Balaban J connectivity index is 0.945. The summed E-state index contributed by atoms with van der Waals surface area (Å²) in [6.07, 6.45) is 4.49. The number of rotatable bonds is 16. The molecule has 2 N–H and O–H groups in total. The number of hydrogen-bond donors (Lipinski definition) is 2. The van der Waals surface area contributed by atoms with Gasteiger partial charge in [0.1, 0.15) is 10.5 Å². The molecule has 0 saturated carbocycles. The maximum atomic E-state index is 14.4. The zero-order valence-corrected chi connectivity index (χ0v) is 45.1. The van der Waals surface area contributed by atoms with Crippen LogP contribution in [0.15, 0.2) is 124 Å². The molecule has 1 aromatic heterocycles. The Morgan fingerprint density at radius 3 is 2.24 bits per heavy atom. The van der Waals surface area contributed by atoms with Crippen LogP contribution in [0, 0.1) is 5.41 Å². The molecule has 0 spiro atoms. The summed E-state index contributed by atoms with van der Waals surface area (Å²) in [4.78, 5) is 31.1. The molecule has 8 rings (SSSR count). The number of alkyl halides is 3. The molecule has 2 amide bonds. The lowest BCUT2D eigenvalue weighted by atomic mass is 9.73. The minimum absolute atomic E-state index is 0.0295. The largest absolute Gasteiger partial charge is 0.501 e. The number of nitrogens with zero attached hydrogens (tertiary/aromatic N) is 5. The van der Waals surface area contributed by atoms with Gasteiger partial charge in [0, 0.05) is 77.8 Å². The molecule has 2 aliphatic heterocycles. The lowest BCUT2D eigenvalue weighted by molar-refractivity contribution is -0.0436. The van der Waals surface area contributed by atoms with Gasteiger partial charge in [0.05, 0.1) is 35.6 Å². The Bertz CT molecular complexity index is 3100. The molecule has 4 aromatic carbocycles. The molecule has 0 unspecified atom stereocenters. The molecule has 1 aliphatic carbocycles. The van der Waals surface area contributed by atoms with Crippen LogP contribution in [0.4, 0.5) is 29.3 Å². The molecule has 1 saturated heterocycles. The predicted octanol–water partition coefficient (Wildman–Crippen LogP) is 10.6. The number of hydrogen-bond acceptors (Lipinski definition) is 12. The second-order valence-electron chi connectivity index (χ2n) is 20.7.